The minimum atomic E-state index is -4.72. The SMILES string of the molecule is CCc1n[nH]c(C[S@@](=O)[C@@H](C)c2ccc(OC(F)(F)F)cc2)n1. The molecule has 1 aromatic heterocycles. The van der Waals surface area contributed by atoms with E-state index in [1.54, 1.807) is 6.92 Å². The standard InChI is InChI=1S/C14H16F3N3O2S/c1-3-12-18-13(20-19-12)8-23(21)9(2)10-4-6-11(7-5-10)22-14(15,16)17/h4-7,9H,3,8H2,1-2H3,(H,18,19,20)/t9-,23+/m0/s1. The maximum absolute atomic E-state index is 12.3. The minimum Gasteiger partial charge on any atom is -0.406 e. The van der Waals surface area contributed by atoms with Crippen LogP contribution >= 0.6 is 0 Å². The normalized spacial score (nSPS) is 14.5. The van der Waals surface area contributed by atoms with Gasteiger partial charge in [0, 0.05) is 17.2 Å². The lowest BCUT2D eigenvalue weighted by molar-refractivity contribution is -0.274. The summed E-state index contributed by atoms with van der Waals surface area (Å²) < 4.78 is 52.5. The Bertz CT molecular complexity index is 671. The highest BCUT2D eigenvalue weighted by molar-refractivity contribution is 7.84. The Balaban J connectivity index is 2.01. The summed E-state index contributed by atoms with van der Waals surface area (Å²) in [6, 6.07) is 5.36. The number of benzene rings is 1. The van der Waals surface area contributed by atoms with Crippen LogP contribution in [0, 0.1) is 0 Å². The van der Waals surface area contributed by atoms with Gasteiger partial charge < -0.3 is 4.74 Å². The first-order valence-electron chi connectivity index (χ1n) is 6.91. The molecule has 126 valence electrons. The first-order valence-corrected chi connectivity index (χ1v) is 8.29. The first kappa shape index (κ1) is 17.5. The minimum absolute atomic E-state index is 0.203. The molecule has 0 bridgehead atoms. The summed E-state index contributed by atoms with van der Waals surface area (Å²) in [5.41, 5.74) is 0.660. The zero-order chi connectivity index (χ0) is 17.0. The summed E-state index contributed by atoms with van der Waals surface area (Å²) >= 11 is 0. The van der Waals surface area contributed by atoms with E-state index in [2.05, 4.69) is 19.9 Å². The second-order valence-corrected chi connectivity index (χ2v) is 6.59. The molecule has 1 N–H and O–H groups in total. The van der Waals surface area contributed by atoms with Gasteiger partial charge in [0.05, 0.1) is 11.0 Å². The van der Waals surface area contributed by atoms with Crippen molar-refractivity contribution in [3.8, 4) is 5.75 Å². The van der Waals surface area contributed by atoms with E-state index in [-0.39, 0.29) is 16.8 Å². The Labute approximate surface area is 133 Å². The average Bonchev–Trinajstić information content (AvgIpc) is 2.93. The van der Waals surface area contributed by atoms with E-state index in [1.165, 1.54) is 24.3 Å². The lowest BCUT2D eigenvalue weighted by atomic mass is 10.2. The quantitative estimate of drug-likeness (QED) is 0.871. The molecule has 5 nitrogen and oxygen atoms in total. The number of aromatic nitrogens is 3. The van der Waals surface area contributed by atoms with Crippen LogP contribution in [0.15, 0.2) is 24.3 Å². The van der Waals surface area contributed by atoms with Crippen LogP contribution in [0.2, 0.25) is 0 Å². The molecule has 0 spiro atoms. The van der Waals surface area contributed by atoms with Crippen molar-refractivity contribution >= 4 is 10.8 Å². The monoisotopic (exact) mass is 347 g/mol. The second-order valence-electron chi connectivity index (χ2n) is 4.84. The maximum Gasteiger partial charge on any atom is 0.573 e. The molecule has 0 saturated heterocycles. The van der Waals surface area contributed by atoms with Crippen molar-refractivity contribution in [2.45, 2.75) is 37.6 Å². The van der Waals surface area contributed by atoms with Gasteiger partial charge in [0.25, 0.3) is 0 Å². The molecule has 0 aliphatic heterocycles. The smallest absolute Gasteiger partial charge is 0.406 e. The summed E-state index contributed by atoms with van der Waals surface area (Å²) in [4.78, 5) is 4.19. The average molecular weight is 347 g/mol. The molecule has 1 aromatic carbocycles. The van der Waals surface area contributed by atoms with Gasteiger partial charge in [0.15, 0.2) is 0 Å². The third-order valence-corrected chi connectivity index (χ3v) is 4.77. The lowest BCUT2D eigenvalue weighted by Crippen LogP contribution is -2.17. The van der Waals surface area contributed by atoms with Crippen molar-refractivity contribution in [2.75, 3.05) is 0 Å². The topological polar surface area (TPSA) is 67.9 Å². The van der Waals surface area contributed by atoms with Gasteiger partial charge in [-0.25, -0.2) is 4.98 Å². The number of nitrogens with zero attached hydrogens (tertiary/aromatic N) is 2. The zero-order valence-electron chi connectivity index (χ0n) is 12.6. The Hall–Kier alpha value is -1.90. The van der Waals surface area contributed by atoms with Crippen LogP contribution in [-0.2, 0) is 23.0 Å². The highest BCUT2D eigenvalue weighted by Crippen LogP contribution is 2.26. The Kier molecular flexibility index (Phi) is 5.40. The van der Waals surface area contributed by atoms with E-state index in [0.717, 1.165) is 0 Å². The number of ether oxygens (including phenoxy) is 1. The summed E-state index contributed by atoms with van der Waals surface area (Å²) in [6.45, 7) is 3.66. The van der Waals surface area contributed by atoms with E-state index in [0.29, 0.717) is 23.6 Å². The molecule has 2 rings (SSSR count). The Morgan fingerprint density at radius 3 is 2.48 bits per heavy atom. The largest absolute Gasteiger partial charge is 0.573 e. The molecule has 0 saturated carbocycles. The number of H-pyrrole nitrogens is 1. The van der Waals surface area contributed by atoms with Gasteiger partial charge in [-0.3, -0.25) is 9.31 Å². The predicted octanol–water partition coefficient (Wildman–Crippen LogP) is 3.28. The molecular formula is C14H16F3N3O2S. The van der Waals surface area contributed by atoms with Crippen molar-refractivity contribution in [2.24, 2.45) is 0 Å². The van der Waals surface area contributed by atoms with Crippen molar-refractivity contribution in [3.05, 3.63) is 41.5 Å². The number of alkyl halides is 3. The molecule has 0 radical (unpaired) electrons. The van der Waals surface area contributed by atoms with E-state index >= 15 is 0 Å². The van der Waals surface area contributed by atoms with Gasteiger partial charge >= 0.3 is 6.36 Å². The number of hydrogen-bond acceptors (Lipinski definition) is 4. The van der Waals surface area contributed by atoms with Gasteiger partial charge in [-0.05, 0) is 24.6 Å². The number of halogens is 3. The third-order valence-electron chi connectivity index (χ3n) is 3.15. The van der Waals surface area contributed by atoms with Crippen molar-refractivity contribution in [3.63, 3.8) is 0 Å². The van der Waals surface area contributed by atoms with Crippen molar-refractivity contribution in [1.29, 1.82) is 0 Å². The van der Waals surface area contributed by atoms with Gasteiger partial charge in [-0.2, -0.15) is 5.10 Å². The molecule has 0 amide bonds. The molecule has 0 aliphatic rings. The first-order chi connectivity index (χ1) is 10.8. The van der Waals surface area contributed by atoms with Crippen LogP contribution in [-0.4, -0.2) is 25.8 Å². The summed E-state index contributed by atoms with van der Waals surface area (Å²) in [7, 11) is -1.28. The van der Waals surface area contributed by atoms with Crippen LogP contribution in [0.1, 0.15) is 36.3 Å². The van der Waals surface area contributed by atoms with E-state index in [1.807, 2.05) is 6.92 Å². The summed E-state index contributed by atoms with van der Waals surface area (Å²) in [6.07, 6.45) is -4.04. The maximum atomic E-state index is 12.3. The van der Waals surface area contributed by atoms with Crippen LogP contribution in [0.4, 0.5) is 13.2 Å². The lowest BCUT2D eigenvalue weighted by Gasteiger charge is -2.13. The van der Waals surface area contributed by atoms with Crippen LogP contribution in [0.25, 0.3) is 0 Å². The molecule has 0 fully saturated rings. The fourth-order valence-electron chi connectivity index (χ4n) is 1.91. The molecule has 9 heteroatoms. The van der Waals surface area contributed by atoms with E-state index < -0.39 is 17.2 Å². The number of hydrogen-bond donors (Lipinski definition) is 1. The predicted molar refractivity (Wildman–Crippen MR) is 79.1 cm³/mol. The van der Waals surface area contributed by atoms with Crippen LogP contribution in [0.5, 0.6) is 5.75 Å². The highest BCUT2D eigenvalue weighted by Gasteiger charge is 2.31. The number of aromatic amines is 1. The molecule has 2 aromatic rings. The summed E-state index contributed by atoms with van der Waals surface area (Å²) in [5.74, 6) is 1.08. The van der Waals surface area contributed by atoms with E-state index in [9.17, 15) is 17.4 Å². The fourth-order valence-corrected chi connectivity index (χ4v) is 3.02. The second kappa shape index (κ2) is 7.12. The molecule has 2 atom stereocenters. The molecule has 23 heavy (non-hydrogen) atoms. The molecular weight excluding hydrogens is 331 g/mol. The molecule has 0 unspecified atom stereocenters. The number of rotatable bonds is 6. The highest BCUT2D eigenvalue weighted by atomic mass is 32.2. The van der Waals surface area contributed by atoms with Crippen LogP contribution in [0.3, 0.4) is 0 Å². The third kappa shape index (κ3) is 5.05. The van der Waals surface area contributed by atoms with Crippen LogP contribution < -0.4 is 4.74 Å². The van der Waals surface area contributed by atoms with Gasteiger partial charge in [-0.15, -0.1) is 13.2 Å². The van der Waals surface area contributed by atoms with Crippen molar-refractivity contribution < 1.29 is 22.1 Å². The van der Waals surface area contributed by atoms with Crippen molar-refractivity contribution in [1.82, 2.24) is 15.2 Å². The zero-order valence-corrected chi connectivity index (χ0v) is 13.4. The number of nitrogens with one attached hydrogen (secondary N) is 1. The fraction of sp³-hybridized carbons (Fsp3) is 0.429. The Morgan fingerprint density at radius 2 is 1.96 bits per heavy atom. The van der Waals surface area contributed by atoms with Gasteiger partial charge in [0.2, 0.25) is 0 Å². The van der Waals surface area contributed by atoms with Gasteiger partial charge in [-0.1, -0.05) is 19.1 Å². The van der Waals surface area contributed by atoms with Gasteiger partial charge in [0.1, 0.15) is 17.4 Å². The number of aryl methyl sites for hydroxylation is 1. The molecule has 1 heterocycles. The summed E-state index contributed by atoms with van der Waals surface area (Å²) in [5, 5.41) is 6.35. The molecule has 0 aliphatic carbocycles. The Morgan fingerprint density at radius 1 is 1.30 bits per heavy atom. The van der Waals surface area contributed by atoms with E-state index in [4.69, 9.17) is 0 Å².